The quantitative estimate of drug-likeness (QED) is 0.0212. The summed E-state index contributed by atoms with van der Waals surface area (Å²) in [5, 5.41) is 3.02. The number of quaternary nitrogens is 1. The van der Waals surface area contributed by atoms with E-state index in [-0.39, 0.29) is 24.9 Å². The Bertz CT molecular complexity index is 1620. The molecule has 1 amide bonds. The average Bonchev–Trinajstić information content (AvgIpc) is 3.38. The van der Waals surface area contributed by atoms with Crippen LogP contribution < -0.4 is 10.2 Å². The van der Waals surface area contributed by atoms with E-state index in [1.54, 1.807) is 0 Å². The Hall–Kier alpha value is -3.07. The smallest absolute Gasteiger partial charge is 0.306 e. The van der Waals surface area contributed by atoms with Crippen molar-refractivity contribution in [3.63, 3.8) is 0 Å². The number of unbranched alkanes of at least 4 members (excludes halogenated alkanes) is 25. The summed E-state index contributed by atoms with van der Waals surface area (Å²) in [5.41, 5.74) is 0. The first-order valence-electron chi connectivity index (χ1n) is 31.0. The van der Waals surface area contributed by atoms with Crippen molar-refractivity contribution in [3.05, 3.63) is 97.2 Å². The SMILES string of the molecule is CC/C=C\C/C=C\C/C=C\C/C=C\C/C=C\CCCCCCCC(=O)OC(/C=C/CCCCCCCCCCCC)C(COP(=O)([O-])OCC[N+](C)(C)C)NC(=O)CCCCCCCCC/C=C\C/C=C\CCCCC. The third-order valence-electron chi connectivity index (χ3n) is 13.2. The number of hydrogen-bond acceptors (Lipinski definition) is 7. The van der Waals surface area contributed by atoms with Crippen LogP contribution in [0.3, 0.4) is 0 Å². The number of nitrogens with one attached hydrogen (secondary N) is 1. The Morgan fingerprint density at radius 2 is 0.842 bits per heavy atom. The standard InChI is InChI=1S/C66H117N2O7P/c1-7-10-13-16-19-22-25-28-30-32-33-34-35-37-39-41-44-47-50-53-56-59-66(70)75-64(57-54-51-48-45-42-27-24-21-18-15-12-9-3)63(62-74-76(71,72)73-61-60-68(4,5)6)67-65(69)58-55-52-49-46-43-40-38-36-31-29-26-23-20-17-14-11-8-2/h10,13,19-20,22-23,28-31,33-34,37,39,54,57,63-64H,7-9,11-12,14-18,21,24-27,32,35-36,38,40-53,55-56,58-62H2,1-6H3,(H-,67,69,71,72)/b13-10-,22-19-,23-20-,30-28-,31-29-,34-33-,39-37-,57-54+. The van der Waals surface area contributed by atoms with Crippen LogP contribution in [0.2, 0.25) is 0 Å². The highest BCUT2D eigenvalue weighted by molar-refractivity contribution is 7.45. The monoisotopic (exact) mass is 1080 g/mol. The summed E-state index contributed by atoms with van der Waals surface area (Å²) in [6, 6.07) is -0.906. The molecule has 0 saturated heterocycles. The molecule has 1 N–H and O–H groups in total. The van der Waals surface area contributed by atoms with E-state index in [0.29, 0.717) is 23.9 Å². The van der Waals surface area contributed by atoms with Crippen molar-refractivity contribution in [2.24, 2.45) is 0 Å². The van der Waals surface area contributed by atoms with Crippen molar-refractivity contribution in [1.29, 1.82) is 0 Å². The minimum absolute atomic E-state index is 0.0317. The van der Waals surface area contributed by atoms with Crippen molar-refractivity contribution in [2.75, 3.05) is 40.9 Å². The third-order valence-corrected chi connectivity index (χ3v) is 14.2. The highest BCUT2D eigenvalue weighted by atomic mass is 31.2. The molecule has 0 aliphatic heterocycles. The van der Waals surface area contributed by atoms with Crippen molar-refractivity contribution >= 4 is 19.7 Å². The fraction of sp³-hybridized carbons (Fsp3) is 0.727. The molecule has 0 aromatic rings. The fourth-order valence-electron chi connectivity index (χ4n) is 8.46. The third kappa shape index (κ3) is 55.7. The van der Waals surface area contributed by atoms with Gasteiger partial charge in [-0.25, -0.2) is 0 Å². The minimum atomic E-state index is -4.71. The van der Waals surface area contributed by atoms with Crippen LogP contribution in [0, 0.1) is 0 Å². The zero-order chi connectivity index (χ0) is 55.7. The predicted octanol–water partition coefficient (Wildman–Crippen LogP) is 18.5. The van der Waals surface area contributed by atoms with Gasteiger partial charge in [0.2, 0.25) is 5.91 Å². The molecule has 0 aliphatic rings. The van der Waals surface area contributed by atoms with Gasteiger partial charge in [-0.05, 0) is 109 Å². The number of ether oxygens (including phenoxy) is 1. The number of amides is 1. The average molecular weight is 1080 g/mol. The van der Waals surface area contributed by atoms with Gasteiger partial charge in [0.1, 0.15) is 19.3 Å². The molecule has 76 heavy (non-hydrogen) atoms. The fourth-order valence-corrected chi connectivity index (χ4v) is 9.18. The summed E-state index contributed by atoms with van der Waals surface area (Å²) < 4.78 is 30.3. The molecule has 3 unspecified atom stereocenters. The lowest BCUT2D eigenvalue weighted by Gasteiger charge is -2.30. The first-order chi connectivity index (χ1) is 36.9. The van der Waals surface area contributed by atoms with E-state index in [2.05, 4.69) is 111 Å². The Balaban J connectivity index is 5.31. The number of esters is 1. The van der Waals surface area contributed by atoms with Gasteiger partial charge in [-0.1, -0.05) is 234 Å². The van der Waals surface area contributed by atoms with Gasteiger partial charge < -0.3 is 28.5 Å². The first kappa shape index (κ1) is 72.9. The molecule has 0 fully saturated rings. The maximum absolute atomic E-state index is 13.5. The molecule has 0 spiro atoms. The number of allylic oxidation sites excluding steroid dienone is 15. The Morgan fingerprint density at radius 3 is 1.29 bits per heavy atom. The second-order valence-corrected chi connectivity index (χ2v) is 23.2. The molecule has 438 valence electrons. The molecule has 0 aliphatic carbocycles. The summed E-state index contributed by atoms with van der Waals surface area (Å²) in [5.74, 6) is -0.575. The molecule has 3 atom stereocenters. The van der Waals surface area contributed by atoms with Gasteiger partial charge in [-0.15, -0.1) is 0 Å². The predicted molar refractivity (Wildman–Crippen MR) is 325 cm³/mol. The Labute approximate surface area is 468 Å². The van der Waals surface area contributed by atoms with Crippen molar-refractivity contribution in [1.82, 2.24) is 5.32 Å². The molecule has 9 nitrogen and oxygen atoms in total. The van der Waals surface area contributed by atoms with E-state index >= 15 is 0 Å². The normalized spacial score (nSPS) is 14.4. The van der Waals surface area contributed by atoms with Crippen LogP contribution in [0.25, 0.3) is 0 Å². The van der Waals surface area contributed by atoms with Gasteiger partial charge in [-0.3, -0.25) is 14.2 Å². The number of carbonyl (C=O) groups is 2. The van der Waals surface area contributed by atoms with Crippen molar-refractivity contribution in [2.45, 2.75) is 270 Å². The molecule has 0 aromatic carbocycles. The van der Waals surface area contributed by atoms with Gasteiger partial charge in [0.15, 0.2) is 0 Å². The number of phosphoric ester groups is 1. The molecule has 0 heterocycles. The second kappa shape index (κ2) is 55.3. The zero-order valence-corrected chi connectivity index (χ0v) is 50.8. The van der Waals surface area contributed by atoms with Crippen LogP contribution >= 0.6 is 7.82 Å². The summed E-state index contributed by atoms with van der Waals surface area (Å²) >= 11 is 0. The Morgan fingerprint density at radius 1 is 0.474 bits per heavy atom. The number of phosphoric acid groups is 1. The van der Waals surface area contributed by atoms with E-state index in [1.165, 1.54) is 96.3 Å². The summed E-state index contributed by atoms with van der Waals surface area (Å²) in [7, 11) is 1.16. The summed E-state index contributed by atoms with van der Waals surface area (Å²) in [6.45, 7) is 6.68. The number of nitrogens with zero attached hydrogens (tertiary/aromatic N) is 1. The van der Waals surface area contributed by atoms with E-state index in [0.717, 1.165) is 122 Å². The topological polar surface area (TPSA) is 114 Å². The summed E-state index contributed by atoms with van der Waals surface area (Å²) in [4.78, 5) is 40.0. The highest BCUT2D eigenvalue weighted by Gasteiger charge is 2.27. The van der Waals surface area contributed by atoms with Crippen molar-refractivity contribution in [3.8, 4) is 0 Å². The molecule has 0 radical (unpaired) electrons. The van der Waals surface area contributed by atoms with Crippen LogP contribution in [0.4, 0.5) is 0 Å². The first-order valence-corrected chi connectivity index (χ1v) is 32.5. The van der Waals surface area contributed by atoms with Crippen LogP contribution in [0.1, 0.15) is 258 Å². The molecular weight excluding hydrogens is 964 g/mol. The number of likely N-dealkylation sites (N-methyl/N-ethyl adjacent to an activating group) is 1. The second-order valence-electron chi connectivity index (χ2n) is 21.8. The molecule has 0 saturated carbocycles. The molecule has 0 rings (SSSR count). The maximum Gasteiger partial charge on any atom is 0.306 e. The van der Waals surface area contributed by atoms with Gasteiger partial charge in [-0.2, -0.15) is 0 Å². The van der Waals surface area contributed by atoms with Gasteiger partial charge in [0, 0.05) is 12.8 Å². The van der Waals surface area contributed by atoms with Crippen LogP contribution in [-0.2, 0) is 27.9 Å². The molecule has 10 heteroatoms. The lowest BCUT2D eigenvalue weighted by molar-refractivity contribution is -0.870. The van der Waals surface area contributed by atoms with E-state index in [4.69, 9.17) is 13.8 Å². The molecule has 0 aromatic heterocycles. The highest BCUT2D eigenvalue weighted by Crippen LogP contribution is 2.38. The van der Waals surface area contributed by atoms with Crippen LogP contribution in [0.15, 0.2) is 97.2 Å². The van der Waals surface area contributed by atoms with E-state index in [9.17, 15) is 19.0 Å². The summed E-state index contributed by atoms with van der Waals surface area (Å²) in [6.07, 6.45) is 73.6. The van der Waals surface area contributed by atoms with Gasteiger partial charge in [0.05, 0.1) is 33.8 Å². The largest absolute Gasteiger partial charge is 0.756 e. The lowest BCUT2D eigenvalue weighted by Crippen LogP contribution is -2.47. The van der Waals surface area contributed by atoms with E-state index in [1.807, 2.05) is 33.3 Å². The van der Waals surface area contributed by atoms with Gasteiger partial charge in [0.25, 0.3) is 7.82 Å². The van der Waals surface area contributed by atoms with Crippen molar-refractivity contribution < 1.29 is 37.3 Å². The molecular formula is C66H117N2O7P. The number of rotatable bonds is 55. The zero-order valence-electron chi connectivity index (χ0n) is 49.9. The lowest BCUT2D eigenvalue weighted by atomic mass is 10.0. The minimum Gasteiger partial charge on any atom is -0.756 e. The Kier molecular flexibility index (Phi) is 53.0. The maximum atomic E-state index is 13.5. The van der Waals surface area contributed by atoms with Crippen LogP contribution in [-0.4, -0.2) is 69.4 Å². The van der Waals surface area contributed by atoms with Crippen LogP contribution in [0.5, 0.6) is 0 Å². The van der Waals surface area contributed by atoms with E-state index < -0.39 is 26.6 Å². The number of hydrogen-bond donors (Lipinski definition) is 1. The van der Waals surface area contributed by atoms with Gasteiger partial charge >= 0.3 is 5.97 Å². The number of carbonyl (C=O) groups excluding carboxylic acids is 2. The molecule has 0 bridgehead atoms.